The Hall–Kier alpha value is -3.04. The number of hydrogen-bond acceptors (Lipinski definition) is 6. The number of carbonyl (C=O) groups is 1. The average molecular weight is 396 g/mol. The van der Waals surface area contributed by atoms with Crippen molar-refractivity contribution in [3.8, 4) is 11.5 Å². The third-order valence-corrected chi connectivity index (χ3v) is 4.46. The molecular formula is C18H19F3N4O3. The topological polar surface area (TPSA) is 67.8 Å². The minimum Gasteiger partial charge on any atom is -0.493 e. The molecule has 150 valence electrons. The monoisotopic (exact) mass is 396 g/mol. The first-order chi connectivity index (χ1) is 13.3. The molecule has 1 aliphatic heterocycles. The van der Waals surface area contributed by atoms with Gasteiger partial charge in [0.1, 0.15) is 0 Å². The van der Waals surface area contributed by atoms with Crippen LogP contribution in [0.4, 0.5) is 19.0 Å². The standard InChI is InChI=1S/C18H19F3N4O3/c1-27-13-4-3-12(11-14(13)28-2)17(26)25-9-7-24(8-10-25)16-6-5-15(22-23-16)18(19,20)21/h3-6,11H,7-10H2,1-2H3. The van der Waals surface area contributed by atoms with Crippen LogP contribution in [0.1, 0.15) is 16.1 Å². The first-order valence-electron chi connectivity index (χ1n) is 8.50. The predicted molar refractivity (Wildman–Crippen MR) is 94.7 cm³/mol. The van der Waals surface area contributed by atoms with E-state index in [0.717, 1.165) is 6.07 Å². The van der Waals surface area contributed by atoms with Crippen LogP contribution >= 0.6 is 0 Å². The molecule has 0 aliphatic carbocycles. The van der Waals surface area contributed by atoms with Crippen LogP contribution in [0.25, 0.3) is 0 Å². The Kier molecular flexibility index (Phi) is 5.57. The van der Waals surface area contributed by atoms with E-state index in [1.807, 2.05) is 0 Å². The summed E-state index contributed by atoms with van der Waals surface area (Å²) in [6.45, 7) is 1.71. The second-order valence-corrected chi connectivity index (χ2v) is 6.12. The van der Waals surface area contributed by atoms with Gasteiger partial charge in [-0.3, -0.25) is 4.79 Å². The zero-order chi connectivity index (χ0) is 20.3. The van der Waals surface area contributed by atoms with Crippen molar-refractivity contribution in [2.45, 2.75) is 6.18 Å². The molecule has 2 heterocycles. The van der Waals surface area contributed by atoms with E-state index in [2.05, 4.69) is 10.2 Å². The normalized spacial score (nSPS) is 14.8. The maximum absolute atomic E-state index is 12.7. The Morgan fingerprint density at radius 3 is 2.18 bits per heavy atom. The molecule has 0 radical (unpaired) electrons. The van der Waals surface area contributed by atoms with Gasteiger partial charge in [0, 0.05) is 31.7 Å². The molecule has 10 heteroatoms. The second kappa shape index (κ2) is 7.91. The number of nitrogens with zero attached hydrogens (tertiary/aromatic N) is 4. The average Bonchev–Trinajstić information content (AvgIpc) is 2.72. The molecule has 0 saturated carbocycles. The highest BCUT2D eigenvalue weighted by Crippen LogP contribution is 2.29. The molecule has 0 unspecified atom stereocenters. The van der Waals surface area contributed by atoms with Gasteiger partial charge in [0.2, 0.25) is 0 Å². The number of alkyl halides is 3. The van der Waals surface area contributed by atoms with Gasteiger partial charge in [-0.25, -0.2) is 0 Å². The van der Waals surface area contributed by atoms with E-state index in [1.54, 1.807) is 28.0 Å². The maximum atomic E-state index is 12.7. The highest BCUT2D eigenvalue weighted by molar-refractivity contribution is 5.95. The van der Waals surface area contributed by atoms with Crippen LogP contribution in [0.3, 0.4) is 0 Å². The van der Waals surface area contributed by atoms with Gasteiger partial charge >= 0.3 is 6.18 Å². The Balaban J connectivity index is 1.64. The quantitative estimate of drug-likeness (QED) is 0.791. The molecule has 0 spiro atoms. The second-order valence-electron chi connectivity index (χ2n) is 6.12. The number of rotatable bonds is 4. The van der Waals surface area contributed by atoms with E-state index < -0.39 is 11.9 Å². The zero-order valence-electron chi connectivity index (χ0n) is 15.4. The summed E-state index contributed by atoms with van der Waals surface area (Å²) in [5.74, 6) is 1.20. The SMILES string of the molecule is COc1ccc(C(=O)N2CCN(c3ccc(C(F)(F)F)nn3)CC2)cc1OC. The molecule has 3 rings (SSSR count). The summed E-state index contributed by atoms with van der Waals surface area (Å²) in [5, 5.41) is 6.90. The van der Waals surface area contributed by atoms with Crippen LogP contribution in [-0.2, 0) is 6.18 Å². The molecule has 1 aromatic carbocycles. The number of piperazine rings is 1. The summed E-state index contributed by atoms with van der Waals surface area (Å²) >= 11 is 0. The van der Waals surface area contributed by atoms with E-state index in [4.69, 9.17) is 9.47 Å². The number of benzene rings is 1. The lowest BCUT2D eigenvalue weighted by Crippen LogP contribution is -2.49. The van der Waals surface area contributed by atoms with Gasteiger partial charge in [-0.1, -0.05) is 0 Å². The van der Waals surface area contributed by atoms with Crippen molar-refractivity contribution in [3.05, 3.63) is 41.6 Å². The Morgan fingerprint density at radius 2 is 1.64 bits per heavy atom. The van der Waals surface area contributed by atoms with Crippen molar-refractivity contribution >= 4 is 11.7 Å². The summed E-state index contributed by atoms with van der Waals surface area (Å²) in [4.78, 5) is 16.2. The van der Waals surface area contributed by atoms with Gasteiger partial charge in [0.15, 0.2) is 23.0 Å². The minimum atomic E-state index is -4.52. The summed E-state index contributed by atoms with van der Waals surface area (Å²) in [7, 11) is 3.01. The Morgan fingerprint density at radius 1 is 0.964 bits per heavy atom. The van der Waals surface area contributed by atoms with Crippen molar-refractivity contribution in [2.75, 3.05) is 45.3 Å². The fourth-order valence-corrected chi connectivity index (χ4v) is 2.94. The molecule has 1 fully saturated rings. The fraction of sp³-hybridized carbons (Fsp3) is 0.389. The first kappa shape index (κ1) is 19.7. The number of aromatic nitrogens is 2. The number of anilines is 1. The highest BCUT2D eigenvalue weighted by Gasteiger charge is 2.33. The van der Waals surface area contributed by atoms with Gasteiger partial charge in [-0.15, -0.1) is 10.2 Å². The molecule has 1 aliphatic rings. The number of amides is 1. The number of carbonyl (C=O) groups excluding carboxylic acids is 1. The summed E-state index contributed by atoms with van der Waals surface area (Å²) in [5.41, 5.74) is -0.557. The number of hydrogen-bond donors (Lipinski definition) is 0. The molecule has 1 amide bonds. The number of ether oxygens (including phenoxy) is 2. The molecular weight excluding hydrogens is 377 g/mol. The van der Waals surface area contributed by atoms with E-state index in [1.165, 1.54) is 20.3 Å². The van der Waals surface area contributed by atoms with Crippen LogP contribution in [-0.4, -0.2) is 61.4 Å². The summed E-state index contributed by atoms with van der Waals surface area (Å²) in [6, 6.07) is 7.15. The summed E-state index contributed by atoms with van der Waals surface area (Å²) in [6.07, 6.45) is -4.52. The zero-order valence-corrected chi connectivity index (χ0v) is 15.4. The van der Waals surface area contributed by atoms with Crippen molar-refractivity contribution < 1.29 is 27.4 Å². The van der Waals surface area contributed by atoms with Crippen molar-refractivity contribution in [2.24, 2.45) is 0 Å². The fourth-order valence-electron chi connectivity index (χ4n) is 2.94. The molecule has 1 aromatic heterocycles. The maximum Gasteiger partial charge on any atom is 0.435 e. The Bertz CT molecular complexity index is 835. The van der Waals surface area contributed by atoms with E-state index in [-0.39, 0.29) is 5.91 Å². The molecule has 1 saturated heterocycles. The van der Waals surface area contributed by atoms with Crippen LogP contribution in [0.15, 0.2) is 30.3 Å². The summed E-state index contributed by atoms with van der Waals surface area (Å²) < 4.78 is 48.2. The van der Waals surface area contributed by atoms with Crippen LogP contribution in [0, 0.1) is 0 Å². The van der Waals surface area contributed by atoms with Crippen molar-refractivity contribution in [1.29, 1.82) is 0 Å². The predicted octanol–water partition coefficient (Wildman–Crippen LogP) is 2.48. The largest absolute Gasteiger partial charge is 0.493 e. The first-order valence-corrected chi connectivity index (χ1v) is 8.50. The molecule has 0 atom stereocenters. The van der Waals surface area contributed by atoms with E-state index in [9.17, 15) is 18.0 Å². The van der Waals surface area contributed by atoms with Crippen LogP contribution in [0.5, 0.6) is 11.5 Å². The van der Waals surface area contributed by atoms with E-state index >= 15 is 0 Å². The van der Waals surface area contributed by atoms with Gasteiger partial charge in [0.25, 0.3) is 5.91 Å². The van der Waals surface area contributed by atoms with Crippen molar-refractivity contribution in [3.63, 3.8) is 0 Å². The number of methoxy groups -OCH3 is 2. The Labute approximate surface area is 159 Å². The smallest absolute Gasteiger partial charge is 0.435 e. The molecule has 7 nitrogen and oxygen atoms in total. The van der Waals surface area contributed by atoms with E-state index in [0.29, 0.717) is 49.1 Å². The van der Waals surface area contributed by atoms with Crippen molar-refractivity contribution in [1.82, 2.24) is 15.1 Å². The molecule has 2 aromatic rings. The highest BCUT2D eigenvalue weighted by atomic mass is 19.4. The molecule has 28 heavy (non-hydrogen) atoms. The third kappa shape index (κ3) is 4.10. The van der Waals surface area contributed by atoms with Gasteiger partial charge in [-0.2, -0.15) is 13.2 Å². The minimum absolute atomic E-state index is 0.154. The third-order valence-electron chi connectivity index (χ3n) is 4.46. The lowest BCUT2D eigenvalue weighted by Gasteiger charge is -2.35. The molecule has 0 bridgehead atoms. The number of halogens is 3. The lowest BCUT2D eigenvalue weighted by molar-refractivity contribution is -0.141. The van der Waals surface area contributed by atoms with Gasteiger partial charge < -0.3 is 19.3 Å². The molecule has 0 N–H and O–H groups in total. The van der Waals surface area contributed by atoms with Crippen LogP contribution in [0.2, 0.25) is 0 Å². The lowest BCUT2D eigenvalue weighted by atomic mass is 10.1. The van der Waals surface area contributed by atoms with Gasteiger partial charge in [0.05, 0.1) is 14.2 Å². The van der Waals surface area contributed by atoms with Gasteiger partial charge in [-0.05, 0) is 30.3 Å². The van der Waals surface area contributed by atoms with Crippen LogP contribution < -0.4 is 14.4 Å².